The summed E-state index contributed by atoms with van der Waals surface area (Å²) in [6.45, 7) is 1.07. The summed E-state index contributed by atoms with van der Waals surface area (Å²) in [6.07, 6.45) is -0.890. The molecule has 0 amide bonds. The average molecular weight is 293 g/mol. The minimum absolute atomic E-state index is 0.629. The predicted molar refractivity (Wildman–Crippen MR) is 61.1 cm³/mol. The fraction of sp³-hybridized carbons (Fsp3) is 0.375. The van der Waals surface area contributed by atoms with Crippen molar-refractivity contribution in [2.24, 2.45) is 0 Å². The first-order valence-corrected chi connectivity index (χ1v) is 6.38. The number of carboxylic acid groups (broad SMARTS) is 1. The van der Waals surface area contributed by atoms with Crippen molar-refractivity contribution in [3.8, 4) is 0 Å². The molecule has 0 aliphatic carbocycles. The van der Waals surface area contributed by atoms with E-state index in [1.54, 1.807) is 9.71 Å². The lowest BCUT2D eigenvalue weighted by Crippen LogP contribution is -2.48. The number of aromatic nitrogens is 2. The highest BCUT2D eigenvalue weighted by atomic mass is 32.2. The fourth-order valence-corrected chi connectivity index (χ4v) is 2.45. The van der Waals surface area contributed by atoms with Gasteiger partial charge in [0.2, 0.25) is 10.0 Å². The molecule has 10 nitrogen and oxygen atoms in total. The molecule has 1 rings (SSSR count). The van der Waals surface area contributed by atoms with E-state index in [0.717, 1.165) is 6.92 Å². The van der Waals surface area contributed by atoms with Crippen molar-refractivity contribution in [3.05, 3.63) is 27.0 Å². The molecule has 0 saturated heterocycles. The molecule has 1 heterocycles. The Hall–Kier alpha value is -1.98. The van der Waals surface area contributed by atoms with E-state index in [-0.39, 0.29) is 0 Å². The number of carbonyl (C=O) groups is 1. The van der Waals surface area contributed by atoms with Gasteiger partial charge in [-0.1, -0.05) is 0 Å². The number of hydrogen-bond donors (Lipinski definition) is 5. The lowest BCUT2D eigenvalue weighted by molar-refractivity contribution is -0.141. The lowest BCUT2D eigenvalue weighted by Gasteiger charge is -2.16. The van der Waals surface area contributed by atoms with Gasteiger partial charge in [0.25, 0.3) is 5.56 Å². The van der Waals surface area contributed by atoms with Crippen molar-refractivity contribution < 1.29 is 23.4 Å². The molecule has 0 aliphatic heterocycles. The van der Waals surface area contributed by atoms with Crippen LogP contribution in [0.3, 0.4) is 0 Å². The van der Waals surface area contributed by atoms with E-state index in [1.807, 2.05) is 4.98 Å². The Balaban J connectivity index is 3.21. The zero-order chi connectivity index (χ0) is 14.8. The second-order valence-corrected chi connectivity index (χ2v) is 5.30. The number of sulfonamides is 1. The molecule has 11 heteroatoms. The molecule has 5 N–H and O–H groups in total. The zero-order valence-electron chi connectivity index (χ0n) is 9.58. The van der Waals surface area contributed by atoms with Crippen LogP contribution in [-0.4, -0.2) is 46.7 Å². The van der Waals surface area contributed by atoms with Crippen molar-refractivity contribution in [3.63, 3.8) is 0 Å². The van der Waals surface area contributed by atoms with Crippen LogP contribution in [-0.2, 0) is 14.8 Å². The molecule has 19 heavy (non-hydrogen) atoms. The minimum Gasteiger partial charge on any atom is -0.480 e. The second kappa shape index (κ2) is 5.34. The maximum atomic E-state index is 11.8. The SMILES string of the molecule is CC(O)C(NS(=O)(=O)c1c[nH]c(=O)[nH]c1=O)C(=O)O. The topological polar surface area (TPSA) is 169 Å². The Labute approximate surface area is 106 Å². The molecule has 0 radical (unpaired) electrons. The van der Waals surface area contributed by atoms with Crippen molar-refractivity contribution >= 4 is 16.0 Å². The molecule has 0 saturated carbocycles. The molecule has 0 aliphatic rings. The number of aromatic amines is 2. The van der Waals surface area contributed by atoms with E-state index in [0.29, 0.717) is 6.20 Å². The summed E-state index contributed by atoms with van der Waals surface area (Å²) < 4.78 is 25.2. The molecular formula is C8H11N3O7S. The Morgan fingerprint density at radius 2 is 2.00 bits per heavy atom. The molecule has 2 atom stereocenters. The summed E-state index contributed by atoms with van der Waals surface area (Å²) in [6, 6.07) is -1.82. The number of aliphatic hydroxyl groups is 1. The monoisotopic (exact) mass is 293 g/mol. The highest BCUT2D eigenvalue weighted by Crippen LogP contribution is 2.03. The number of nitrogens with one attached hydrogen (secondary N) is 3. The van der Waals surface area contributed by atoms with Gasteiger partial charge in [-0.15, -0.1) is 0 Å². The molecule has 1 aromatic rings. The Morgan fingerprint density at radius 1 is 1.42 bits per heavy atom. The third-order valence-corrected chi connectivity index (χ3v) is 3.55. The highest BCUT2D eigenvalue weighted by molar-refractivity contribution is 7.89. The van der Waals surface area contributed by atoms with Crippen LogP contribution in [0.4, 0.5) is 0 Å². The van der Waals surface area contributed by atoms with Gasteiger partial charge in [0.1, 0.15) is 6.04 Å². The van der Waals surface area contributed by atoms with Gasteiger partial charge in [0, 0.05) is 6.20 Å². The number of hydrogen-bond acceptors (Lipinski definition) is 6. The van der Waals surface area contributed by atoms with E-state index in [9.17, 15) is 22.8 Å². The second-order valence-electron chi connectivity index (χ2n) is 3.61. The van der Waals surface area contributed by atoms with E-state index < -0.39 is 44.3 Å². The van der Waals surface area contributed by atoms with E-state index in [1.165, 1.54) is 0 Å². The van der Waals surface area contributed by atoms with E-state index >= 15 is 0 Å². The van der Waals surface area contributed by atoms with Gasteiger partial charge in [0.15, 0.2) is 4.90 Å². The molecular weight excluding hydrogens is 282 g/mol. The normalized spacial score (nSPS) is 14.8. The van der Waals surface area contributed by atoms with Crippen LogP contribution in [0.15, 0.2) is 20.7 Å². The Kier molecular flexibility index (Phi) is 4.24. The summed E-state index contributed by atoms with van der Waals surface area (Å²) >= 11 is 0. The Morgan fingerprint density at radius 3 is 2.42 bits per heavy atom. The van der Waals surface area contributed by atoms with Gasteiger partial charge in [-0.25, -0.2) is 13.2 Å². The van der Waals surface area contributed by atoms with E-state index in [2.05, 4.69) is 0 Å². The van der Waals surface area contributed by atoms with Crippen LogP contribution >= 0.6 is 0 Å². The van der Waals surface area contributed by atoms with Gasteiger partial charge in [0.05, 0.1) is 6.10 Å². The third kappa shape index (κ3) is 3.49. The molecule has 2 unspecified atom stereocenters. The van der Waals surface area contributed by atoms with Crippen LogP contribution in [0.5, 0.6) is 0 Å². The summed E-state index contributed by atoms with van der Waals surface area (Å²) in [5.41, 5.74) is -2.11. The standard InChI is InChI=1S/C8H11N3O7S/c1-3(12)5(7(14)15)11-19(17,18)4-2-9-8(16)10-6(4)13/h2-3,5,11-12H,1H3,(H,14,15)(H2,9,10,13,16). The summed E-state index contributed by atoms with van der Waals surface area (Å²) in [4.78, 5) is 35.6. The first kappa shape index (κ1) is 15.1. The van der Waals surface area contributed by atoms with Crippen molar-refractivity contribution in [1.29, 1.82) is 0 Å². The highest BCUT2D eigenvalue weighted by Gasteiger charge is 2.30. The van der Waals surface area contributed by atoms with Crippen molar-refractivity contribution in [2.75, 3.05) is 0 Å². The summed E-state index contributed by atoms with van der Waals surface area (Å²) in [7, 11) is -4.50. The third-order valence-electron chi connectivity index (χ3n) is 2.11. The lowest BCUT2D eigenvalue weighted by atomic mass is 10.2. The van der Waals surface area contributed by atoms with Gasteiger partial charge in [-0.2, -0.15) is 4.72 Å². The average Bonchev–Trinajstić information content (AvgIpc) is 2.24. The first-order valence-electron chi connectivity index (χ1n) is 4.90. The smallest absolute Gasteiger partial charge is 0.325 e. The molecule has 0 spiro atoms. The fourth-order valence-electron chi connectivity index (χ4n) is 1.18. The maximum absolute atomic E-state index is 11.8. The van der Waals surface area contributed by atoms with E-state index in [4.69, 9.17) is 10.2 Å². The molecule has 106 valence electrons. The number of H-pyrrole nitrogens is 2. The molecule has 0 fully saturated rings. The quantitative estimate of drug-likeness (QED) is 0.389. The van der Waals surface area contributed by atoms with Crippen LogP contribution in [0.2, 0.25) is 0 Å². The number of aliphatic carboxylic acids is 1. The summed E-state index contributed by atoms with van der Waals surface area (Å²) in [5, 5.41) is 17.9. The van der Waals surface area contributed by atoms with Crippen LogP contribution in [0.25, 0.3) is 0 Å². The van der Waals surface area contributed by atoms with Gasteiger partial charge >= 0.3 is 11.7 Å². The van der Waals surface area contributed by atoms with Crippen molar-refractivity contribution in [1.82, 2.24) is 14.7 Å². The van der Waals surface area contributed by atoms with Gasteiger partial charge < -0.3 is 15.2 Å². The van der Waals surface area contributed by atoms with Crippen LogP contribution < -0.4 is 16.0 Å². The number of carboxylic acids is 1. The number of rotatable bonds is 5. The van der Waals surface area contributed by atoms with Gasteiger partial charge in [-0.05, 0) is 6.92 Å². The van der Waals surface area contributed by atoms with Crippen molar-refractivity contribution in [2.45, 2.75) is 24.0 Å². The molecule has 0 bridgehead atoms. The molecule has 1 aromatic heterocycles. The predicted octanol–water partition coefficient (Wildman–Crippen LogP) is -2.82. The van der Waals surface area contributed by atoms with Crippen LogP contribution in [0.1, 0.15) is 6.92 Å². The largest absolute Gasteiger partial charge is 0.480 e. The zero-order valence-corrected chi connectivity index (χ0v) is 10.4. The summed E-state index contributed by atoms with van der Waals surface area (Å²) in [5.74, 6) is -1.61. The van der Waals surface area contributed by atoms with Gasteiger partial charge in [-0.3, -0.25) is 14.6 Å². The maximum Gasteiger partial charge on any atom is 0.325 e. The minimum atomic E-state index is -4.50. The first-order chi connectivity index (χ1) is 8.65. The van der Waals surface area contributed by atoms with Crippen LogP contribution in [0, 0.1) is 0 Å². The molecule has 0 aromatic carbocycles. The number of aliphatic hydroxyl groups excluding tert-OH is 1. The Bertz CT molecular complexity index is 687.